The highest BCUT2D eigenvalue weighted by molar-refractivity contribution is 5.85. The largest absolute Gasteiger partial charge is 0.319 e. The Labute approximate surface area is 112 Å². The molecule has 1 aromatic carbocycles. The fraction of sp³-hybridized carbons (Fsp3) is 0.182. The zero-order chi connectivity index (χ0) is 10.8. The van der Waals surface area contributed by atoms with Crippen molar-refractivity contribution in [1.82, 2.24) is 9.78 Å². The first kappa shape index (κ1) is 15.9. The van der Waals surface area contributed by atoms with Crippen LogP contribution in [-0.2, 0) is 7.05 Å². The molecule has 0 radical (unpaired) electrons. The second-order valence-corrected chi connectivity index (χ2v) is 3.44. The molecule has 94 valence electrons. The Balaban J connectivity index is 0.00000128. The second-order valence-electron chi connectivity index (χ2n) is 3.44. The number of aryl methyl sites for hydroxylation is 1. The van der Waals surface area contributed by atoms with Gasteiger partial charge in [0.1, 0.15) is 5.82 Å². The van der Waals surface area contributed by atoms with Crippen LogP contribution in [0.1, 0.15) is 17.3 Å². The van der Waals surface area contributed by atoms with Gasteiger partial charge in [-0.1, -0.05) is 12.1 Å². The van der Waals surface area contributed by atoms with Gasteiger partial charge < -0.3 is 5.73 Å². The SMILES string of the molecule is Cl.Cl.Cn1ccc(C(N)c2ccc(F)cc2)n1. The number of nitrogens with zero attached hydrogens (tertiary/aromatic N) is 2. The molecule has 1 unspecified atom stereocenters. The molecule has 1 heterocycles. The van der Waals surface area contributed by atoms with E-state index < -0.39 is 0 Å². The highest BCUT2D eigenvalue weighted by Crippen LogP contribution is 2.17. The first-order chi connectivity index (χ1) is 7.16. The van der Waals surface area contributed by atoms with E-state index in [2.05, 4.69) is 5.10 Å². The maximum absolute atomic E-state index is 12.7. The molecule has 3 nitrogen and oxygen atoms in total. The maximum Gasteiger partial charge on any atom is 0.123 e. The van der Waals surface area contributed by atoms with Gasteiger partial charge in [-0.15, -0.1) is 24.8 Å². The van der Waals surface area contributed by atoms with Crippen molar-refractivity contribution in [2.75, 3.05) is 0 Å². The average molecular weight is 278 g/mol. The molecular formula is C11H14Cl2FN3. The lowest BCUT2D eigenvalue weighted by molar-refractivity contribution is 0.626. The van der Waals surface area contributed by atoms with E-state index in [4.69, 9.17) is 5.73 Å². The topological polar surface area (TPSA) is 43.8 Å². The minimum absolute atomic E-state index is 0. The minimum atomic E-state index is -0.299. The fourth-order valence-electron chi connectivity index (χ4n) is 1.44. The van der Waals surface area contributed by atoms with Gasteiger partial charge in [0.25, 0.3) is 0 Å². The lowest BCUT2D eigenvalue weighted by Gasteiger charge is -2.08. The van der Waals surface area contributed by atoms with E-state index in [9.17, 15) is 4.39 Å². The predicted molar refractivity (Wildman–Crippen MR) is 70.1 cm³/mol. The van der Waals surface area contributed by atoms with Crippen molar-refractivity contribution in [3.63, 3.8) is 0 Å². The lowest BCUT2D eigenvalue weighted by Crippen LogP contribution is -2.12. The van der Waals surface area contributed by atoms with Crippen LogP contribution >= 0.6 is 24.8 Å². The van der Waals surface area contributed by atoms with Gasteiger partial charge in [0.15, 0.2) is 0 Å². The average Bonchev–Trinajstić information content (AvgIpc) is 2.65. The molecule has 0 saturated heterocycles. The van der Waals surface area contributed by atoms with E-state index in [1.165, 1.54) is 12.1 Å². The fourth-order valence-corrected chi connectivity index (χ4v) is 1.44. The molecule has 2 N–H and O–H groups in total. The van der Waals surface area contributed by atoms with E-state index in [1.807, 2.05) is 19.3 Å². The Hall–Kier alpha value is -1.10. The van der Waals surface area contributed by atoms with Gasteiger partial charge in [0.2, 0.25) is 0 Å². The summed E-state index contributed by atoms with van der Waals surface area (Å²) in [5, 5.41) is 4.21. The summed E-state index contributed by atoms with van der Waals surface area (Å²) in [6.45, 7) is 0. The van der Waals surface area contributed by atoms with Crippen LogP contribution in [0.15, 0.2) is 36.5 Å². The summed E-state index contributed by atoms with van der Waals surface area (Å²) in [5.74, 6) is -0.257. The summed E-state index contributed by atoms with van der Waals surface area (Å²) in [7, 11) is 1.83. The van der Waals surface area contributed by atoms with Gasteiger partial charge in [-0.2, -0.15) is 5.10 Å². The Morgan fingerprint density at radius 3 is 2.24 bits per heavy atom. The summed E-state index contributed by atoms with van der Waals surface area (Å²) < 4.78 is 14.4. The highest BCUT2D eigenvalue weighted by Gasteiger charge is 2.11. The number of benzene rings is 1. The smallest absolute Gasteiger partial charge is 0.123 e. The molecule has 0 amide bonds. The Morgan fingerprint density at radius 1 is 1.18 bits per heavy atom. The first-order valence-corrected chi connectivity index (χ1v) is 4.67. The number of rotatable bonds is 2. The van der Waals surface area contributed by atoms with Crippen LogP contribution in [0.25, 0.3) is 0 Å². The number of hydrogen-bond donors (Lipinski definition) is 1. The lowest BCUT2D eigenvalue weighted by atomic mass is 10.1. The Bertz CT molecular complexity index is 456. The van der Waals surface area contributed by atoms with Gasteiger partial charge in [-0.25, -0.2) is 4.39 Å². The summed E-state index contributed by atoms with van der Waals surface area (Å²) in [5.41, 5.74) is 7.62. The molecule has 0 aliphatic rings. The molecule has 0 aliphatic carbocycles. The molecule has 1 aromatic heterocycles. The Kier molecular flexibility index (Phi) is 6.16. The number of hydrogen-bond acceptors (Lipinski definition) is 2. The van der Waals surface area contributed by atoms with Crippen LogP contribution in [-0.4, -0.2) is 9.78 Å². The third-order valence-electron chi connectivity index (χ3n) is 2.28. The summed E-state index contributed by atoms with van der Waals surface area (Å²) in [6.07, 6.45) is 1.83. The van der Waals surface area contributed by atoms with Crippen molar-refractivity contribution in [1.29, 1.82) is 0 Å². The van der Waals surface area contributed by atoms with E-state index in [0.717, 1.165) is 11.3 Å². The molecule has 0 aliphatic heterocycles. The molecule has 2 rings (SSSR count). The van der Waals surface area contributed by atoms with Crippen LogP contribution in [0.5, 0.6) is 0 Å². The summed E-state index contributed by atoms with van der Waals surface area (Å²) in [4.78, 5) is 0. The van der Waals surface area contributed by atoms with Crippen LogP contribution in [0.2, 0.25) is 0 Å². The van der Waals surface area contributed by atoms with Gasteiger partial charge in [-0.3, -0.25) is 4.68 Å². The van der Waals surface area contributed by atoms with Crippen LogP contribution < -0.4 is 5.73 Å². The minimum Gasteiger partial charge on any atom is -0.319 e. The van der Waals surface area contributed by atoms with Gasteiger partial charge in [-0.05, 0) is 23.8 Å². The number of halogens is 3. The second kappa shape index (κ2) is 6.59. The molecule has 1 atom stereocenters. The monoisotopic (exact) mass is 277 g/mol. The molecule has 0 saturated carbocycles. The Morgan fingerprint density at radius 2 is 1.76 bits per heavy atom. The molecule has 0 bridgehead atoms. The zero-order valence-corrected chi connectivity index (χ0v) is 10.8. The van der Waals surface area contributed by atoms with E-state index in [-0.39, 0.29) is 36.7 Å². The van der Waals surface area contributed by atoms with Crippen LogP contribution in [0.3, 0.4) is 0 Å². The van der Waals surface area contributed by atoms with Crippen molar-refractivity contribution in [3.05, 3.63) is 53.6 Å². The normalized spacial score (nSPS) is 11.2. The van der Waals surface area contributed by atoms with Crippen molar-refractivity contribution in [3.8, 4) is 0 Å². The molecular weight excluding hydrogens is 264 g/mol. The molecule has 0 fully saturated rings. The van der Waals surface area contributed by atoms with Gasteiger partial charge >= 0.3 is 0 Å². The van der Waals surface area contributed by atoms with E-state index >= 15 is 0 Å². The van der Waals surface area contributed by atoms with E-state index in [0.29, 0.717) is 0 Å². The van der Waals surface area contributed by atoms with Gasteiger partial charge in [0, 0.05) is 13.2 Å². The predicted octanol–water partition coefficient (Wildman–Crippen LogP) is 2.45. The van der Waals surface area contributed by atoms with Crippen molar-refractivity contribution < 1.29 is 4.39 Å². The molecule has 17 heavy (non-hydrogen) atoms. The number of nitrogens with two attached hydrogens (primary N) is 1. The van der Waals surface area contributed by atoms with Gasteiger partial charge in [0.05, 0.1) is 11.7 Å². The third-order valence-corrected chi connectivity index (χ3v) is 2.28. The first-order valence-electron chi connectivity index (χ1n) is 4.67. The maximum atomic E-state index is 12.7. The highest BCUT2D eigenvalue weighted by atomic mass is 35.5. The third kappa shape index (κ3) is 3.70. The molecule has 0 spiro atoms. The van der Waals surface area contributed by atoms with Crippen molar-refractivity contribution in [2.24, 2.45) is 12.8 Å². The standard InChI is InChI=1S/C11H12FN3.2ClH/c1-15-7-6-10(14-15)11(13)8-2-4-9(12)5-3-8;;/h2-7,11H,13H2,1H3;2*1H. The summed E-state index contributed by atoms with van der Waals surface area (Å²) in [6, 6.07) is 7.71. The quantitative estimate of drug-likeness (QED) is 0.917. The van der Waals surface area contributed by atoms with Crippen LogP contribution in [0, 0.1) is 5.82 Å². The van der Waals surface area contributed by atoms with Crippen molar-refractivity contribution in [2.45, 2.75) is 6.04 Å². The van der Waals surface area contributed by atoms with E-state index in [1.54, 1.807) is 16.8 Å². The molecule has 2 aromatic rings. The summed E-state index contributed by atoms with van der Waals surface area (Å²) >= 11 is 0. The van der Waals surface area contributed by atoms with Crippen molar-refractivity contribution >= 4 is 24.8 Å². The van der Waals surface area contributed by atoms with Crippen LogP contribution in [0.4, 0.5) is 4.39 Å². The number of aromatic nitrogens is 2. The zero-order valence-electron chi connectivity index (χ0n) is 9.21. The molecule has 6 heteroatoms.